The van der Waals surface area contributed by atoms with Crippen molar-refractivity contribution in [1.29, 1.82) is 5.26 Å². The first kappa shape index (κ1) is 17.0. The second-order valence-corrected chi connectivity index (χ2v) is 4.95. The number of benzene rings is 2. The fraction of sp³-hybridized carbons (Fsp3) is 0.111. The highest BCUT2D eigenvalue weighted by Crippen LogP contribution is 2.25. The van der Waals surface area contributed by atoms with Gasteiger partial charge in [0.25, 0.3) is 5.91 Å². The van der Waals surface area contributed by atoms with Crippen molar-refractivity contribution in [3.63, 3.8) is 0 Å². The lowest BCUT2D eigenvalue weighted by Gasteiger charge is -2.10. The van der Waals surface area contributed by atoms with E-state index in [9.17, 15) is 9.18 Å². The minimum Gasteiger partial charge on any atom is -0.495 e. The van der Waals surface area contributed by atoms with E-state index in [0.29, 0.717) is 11.4 Å². The van der Waals surface area contributed by atoms with E-state index in [-0.39, 0.29) is 11.3 Å². The summed E-state index contributed by atoms with van der Waals surface area (Å²) in [5, 5.41) is 14.4. The minimum atomic E-state index is -0.620. The summed E-state index contributed by atoms with van der Waals surface area (Å²) in [6.07, 6.45) is 1.16. The number of halogens is 1. The van der Waals surface area contributed by atoms with Gasteiger partial charge >= 0.3 is 0 Å². The lowest BCUT2D eigenvalue weighted by atomic mass is 10.2. The van der Waals surface area contributed by atoms with Crippen LogP contribution in [0.4, 0.5) is 15.8 Å². The largest absolute Gasteiger partial charge is 0.495 e. The lowest BCUT2D eigenvalue weighted by molar-refractivity contribution is -0.112. The maximum atomic E-state index is 13.5. The average molecular weight is 325 g/mol. The Labute approximate surface area is 139 Å². The van der Waals surface area contributed by atoms with E-state index in [1.807, 2.05) is 13.0 Å². The normalized spacial score (nSPS) is 10.7. The van der Waals surface area contributed by atoms with Crippen LogP contribution < -0.4 is 15.4 Å². The van der Waals surface area contributed by atoms with Gasteiger partial charge in [0.05, 0.1) is 18.5 Å². The van der Waals surface area contributed by atoms with Gasteiger partial charge in [-0.2, -0.15) is 5.26 Å². The van der Waals surface area contributed by atoms with Crippen molar-refractivity contribution < 1.29 is 13.9 Å². The second kappa shape index (κ2) is 7.79. The molecule has 0 fully saturated rings. The number of anilines is 2. The zero-order valence-corrected chi connectivity index (χ0v) is 13.3. The summed E-state index contributed by atoms with van der Waals surface area (Å²) in [6, 6.07) is 13.1. The summed E-state index contributed by atoms with van der Waals surface area (Å²) in [7, 11) is 1.49. The molecule has 5 nitrogen and oxygen atoms in total. The molecule has 0 aromatic heterocycles. The third-order valence-corrected chi connectivity index (χ3v) is 3.21. The van der Waals surface area contributed by atoms with E-state index in [1.165, 1.54) is 19.2 Å². The molecule has 0 saturated carbocycles. The topological polar surface area (TPSA) is 74.1 Å². The highest BCUT2D eigenvalue weighted by Gasteiger charge is 2.12. The van der Waals surface area contributed by atoms with Gasteiger partial charge in [-0.05, 0) is 36.8 Å². The molecular weight excluding hydrogens is 309 g/mol. The number of aryl methyl sites for hydroxylation is 1. The fourth-order valence-electron chi connectivity index (χ4n) is 1.99. The average Bonchev–Trinajstić information content (AvgIpc) is 2.57. The molecule has 2 aromatic carbocycles. The van der Waals surface area contributed by atoms with E-state index in [2.05, 4.69) is 10.6 Å². The molecule has 0 bridgehead atoms. The lowest BCUT2D eigenvalue weighted by Crippen LogP contribution is -2.15. The van der Waals surface area contributed by atoms with Gasteiger partial charge in [0.15, 0.2) is 0 Å². The molecule has 2 N–H and O–H groups in total. The molecule has 0 saturated heterocycles. The molecule has 0 aliphatic rings. The maximum absolute atomic E-state index is 13.5. The molecule has 0 aliphatic carbocycles. The Hall–Kier alpha value is -3.33. The zero-order chi connectivity index (χ0) is 17.5. The first-order valence-corrected chi connectivity index (χ1v) is 7.12. The number of nitrogens with zero attached hydrogens (tertiary/aromatic N) is 1. The zero-order valence-electron chi connectivity index (χ0n) is 13.3. The summed E-state index contributed by atoms with van der Waals surface area (Å²) in [5.74, 6) is -0.620. The molecule has 6 heteroatoms. The third kappa shape index (κ3) is 4.11. The van der Waals surface area contributed by atoms with Crippen LogP contribution in [0.5, 0.6) is 5.75 Å². The first-order valence-electron chi connectivity index (χ1n) is 7.12. The summed E-state index contributed by atoms with van der Waals surface area (Å²) in [4.78, 5) is 12.2. The Morgan fingerprint density at radius 2 is 2.00 bits per heavy atom. The van der Waals surface area contributed by atoms with Gasteiger partial charge in [-0.15, -0.1) is 0 Å². The molecule has 122 valence electrons. The standard InChI is InChI=1S/C18H16FN3O2/c1-12-7-8-17(24-2)16(9-12)22-18(23)13(10-20)11-21-15-6-4-3-5-14(15)19/h3-9,11,21H,1-2H3,(H,22,23)/b13-11-. The number of nitrogens with one attached hydrogen (secondary N) is 2. The van der Waals surface area contributed by atoms with Crippen LogP contribution in [0, 0.1) is 24.1 Å². The number of amides is 1. The molecule has 0 atom stereocenters. The van der Waals surface area contributed by atoms with Gasteiger partial charge in [-0.3, -0.25) is 4.79 Å². The predicted molar refractivity (Wildman–Crippen MR) is 90.1 cm³/mol. The SMILES string of the molecule is COc1ccc(C)cc1NC(=O)/C(C#N)=C\Nc1ccccc1F. The molecule has 1 amide bonds. The summed E-state index contributed by atoms with van der Waals surface area (Å²) < 4.78 is 18.7. The van der Waals surface area contributed by atoms with Crippen LogP contribution in [0.2, 0.25) is 0 Å². The number of carbonyl (C=O) groups excluding carboxylic acids is 1. The summed E-state index contributed by atoms with van der Waals surface area (Å²) in [6.45, 7) is 1.87. The highest BCUT2D eigenvalue weighted by molar-refractivity contribution is 6.07. The van der Waals surface area contributed by atoms with Gasteiger partial charge in [-0.1, -0.05) is 18.2 Å². The van der Waals surface area contributed by atoms with E-state index >= 15 is 0 Å². The van der Waals surface area contributed by atoms with E-state index < -0.39 is 11.7 Å². The van der Waals surface area contributed by atoms with Crippen LogP contribution >= 0.6 is 0 Å². The van der Waals surface area contributed by atoms with Crippen LogP contribution in [0.1, 0.15) is 5.56 Å². The number of rotatable bonds is 5. The van der Waals surface area contributed by atoms with Crippen molar-refractivity contribution >= 4 is 17.3 Å². The number of nitriles is 1. The number of para-hydroxylation sites is 1. The van der Waals surface area contributed by atoms with E-state index in [1.54, 1.807) is 30.3 Å². The monoisotopic (exact) mass is 325 g/mol. The smallest absolute Gasteiger partial charge is 0.267 e. The first-order chi connectivity index (χ1) is 11.5. The molecule has 0 heterocycles. The quantitative estimate of drug-likeness (QED) is 0.650. The summed E-state index contributed by atoms with van der Waals surface area (Å²) in [5.41, 5.74) is 1.36. The van der Waals surface area contributed by atoms with Crippen molar-refractivity contribution in [2.75, 3.05) is 17.7 Å². The Morgan fingerprint density at radius 3 is 2.67 bits per heavy atom. The maximum Gasteiger partial charge on any atom is 0.267 e. The van der Waals surface area contributed by atoms with Crippen molar-refractivity contribution in [3.8, 4) is 11.8 Å². The van der Waals surface area contributed by atoms with Crippen LogP contribution in [-0.4, -0.2) is 13.0 Å². The molecule has 24 heavy (non-hydrogen) atoms. The van der Waals surface area contributed by atoms with Gasteiger partial charge in [0.2, 0.25) is 0 Å². The molecule has 0 aliphatic heterocycles. The number of ether oxygens (including phenoxy) is 1. The minimum absolute atomic E-state index is 0.172. The van der Waals surface area contributed by atoms with Crippen LogP contribution in [0.3, 0.4) is 0 Å². The Morgan fingerprint density at radius 1 is 1.25 bits per heavy atom. The second-order valence-electron chi connectivity index (χ2n) is 4.95. The fourth-order valence-corrected chi connectivity index (χ4v) is 1.99. The number of hydrogen-bond acceptors (Lipinski definition) is 4. The van der Waals surface area contributed by atoms with E-state index in [4.69, 9.17) is 10.00 Å². The Balaban J connectivity index is 2.18. The molecule has 0 radical (unpaired) electrons. The Kier molecular flexibility index (Phi) is 5.53. The molecule has 0 spiro atoms. The predicted octanol–water partition coefficient (Wildman–Crippen LogP) is 3.60. The number of methoxy groups -OCH3 is 1. The third-order valence-electron chi connectivity index (χ3n) is 3.21. The Bertz CT molecular complexity index is 825. The van der Waals surface area contributed by atoms with Crippen LogP contribution in [-0.2, 0) is 4.79 Å². The molecule has 0 unspecified atom stereocenters. The van der Waals surface area contributed by atoms with Gasteiger partial charge in [0, 0.05) is 6.20 Å². The van der Waals surface area contributed by atoms with Gasteiger partial charge in [0.1, 0.15) is 23.2 Å². The van der Waals surface area contributed by atoms with Crippen LogP contribution in [0.15, 0.2) is 54.2 Å². The van der Waals surface area contributed by atoms with Crippen LogP contribution in [0.25, 0.3) is 0 Å². The number of hydrogen-bond donors (Lipinski definition) is 2. The van der Waals surface area contributed by atoms with E-state index in [0.717, 1.165) is 11.8 Å². The van der Waals surface area contributed by atoms with Crippen molar-refractivity contribution in [1.82, 2.24) is 0 Å². The van der Waals surface area contributed by atoms with Crippen molar-refractivity contribution in [2.24, 2.45) is 0 Å². The van der Waals surface area contributed by atoms with Crippen molar-refractivity contribution in [3.05, 3.63) is 65.6 Å². The highest BCUT2D eigenvalue weighted by atomic mass is 19.1. The number of carbonyl (C=O) groups is 1. The van der Waals surface area contributed by atoms with Gasteiger partial charge in [-0.25, -0.2) is 4.39 Å². The summed E-state index contributed by atoms with van der Waals surface area (Å²) >= 11 is 0. The van der Waals surface area contributed by atoms with Gasteiger partial charge < -0.3 is 15.4 Å². The molecule has 2 aromatic rings. The molecule has 2 rings (SSSR count). The van der Waals surface area contributed by atoms with Crippen molar-refractivity contribution in [2.45, 2.75) is 6.92 Å². The molecular formula is C18H16FN3O2.